The Morgan fingerprint density at radius 2 is 1.00 bits per heavy atom. The Labute approximate surface area is 149 Å². The van der Waals surface area contributed by atoms with Crippen LogP contribution >= 0.6 is 0 Å². The van der Waals surface area contributed by atoms with Crippen LogP contribution in [0.25, 0.3) is 11.1 Å². The summed E-state index contributed by atoms with van der Waals surface area (Å²) in [6.07, 6.45) is 2.31. The Morgan fingerprint density at radius 1 is 0.500 bits per heavy atom. The molecule has 4 rings (SSSR count). The molecule has 0 aliphatic carbocycles. The molecular formula is C23H17As. The first-order valence-corrected chi connectivity index (χ1v) is 10.1. The predicted molar refractivity (Wildman–Crippen MR) is 105 cm³/mol. The van der Waals surface area contributed by atoms with Crippen LogP contribution in [-0.2, 0) is 0 Å². The molecule has 0 fully saturated rings. The Bertz CT molecular complexity index is 918. The molecular weight excluding hydrogens is 351 g/mol. The van der Waals surface area contributed by atoms with Crippen molar-refractivity contribution in [2.45, 2.75) is 0 Å². The normalized spacial score (nSPS) is 14.4. The number of allylic oxidation sites excluding steroid dienone is 3. The van der Waals surface area contributed by atoms with Gasteiger partial charge in [-0.05, 0) is 0 Å². The van der Waals surface area contributed by atoms with E-state index in [2.05, 4.69) is 102 Å². The van der Waals surface area contributed by atoms with Crippen molar-refractivity contribution < 1.29 is 0 Å². The van der Waals surface area contributed by atoms with Gasteiger partial charge in [-0.15, -0.1) is 0 Å². The number of hydrogen-bond acceptors (Lipinski definition) is 0. The van der Waals surface area contributed by atoms with E-state index in [1.165, 1.54) is 32.1 Å². The van der Waals surface area contributed by atoms with Crippen LogP contribution in [-0.4, -0.2) is 19.6 Å². The summed E-state index contributed by atoms with van der Waals surface area (Å²) < 4.78 is 1.49. The van der Waals surface area contributed by atoms with Gasteiger partial charge in [0.05, 0.1) is 0 Å². The molecule has 0 saturated heterocycles. The fourth-order valence-electron chi connectivity index (χ4n) is 3.03. The second kappa shape index (κ2) is 6.99. The van der Waals surface area contributed by atoms with Crippen LogP contribution in [0.3, 0.4) is 0 Å². The molecule has 0 aromatic heterocycles. The van der Waals surface area contributed by atoms with Gasteiger partial charge in [-0.1, -0.05) is 0 Å². The summed E-state index contributed by atoms with van der Waals surface area (Å²) in [6, 6.07) is 32.3. The van der Waals surface area contributed by atoms with E-state index in [-0.39, 0.29) is 15.3 Å². The summed E-state index contributed by atoms with van der Waals surface area (Å²) in [6.45, 7) is 0. The van der Waals surface area contributed by atoms with Gasteiger partial charge < -0.3 is 0 Å². The van der Waals surface area contributed by atoms with Crippen LogP contribution in [0.5, 0.6) is 0 Å². The fourth-order valence-corrected chi connectivity index (χ4v) is 5.23. The maximum absolute atomic E-state index is 2.37. The van der Waals surface area contributed by atoms with E-state index in [1.807, 2.05) is 0 Å². The van der Waals surface area contributed by atoms with E-state index >= 15 is 0 Å². The zero-order valence-corrected chi connectivity index (χ0v) is 15.1. The van der Waals surface area contributed by atoms with E-state index < -0.39 is 0 Å². The quantitative estimate of drug-likeness (QED) is 0.568. The van der Waals surface area contributed by atoms with Gasteiger partial charge >= 0.3 is 149 Å². The van der Waals surface area contributed by atoms with E-state index in [9.17, 15) is 0 Å². The Balaban J connectivity index is 1.97. The van der Waals surface area contributed by atoms with Gasteiger partial charge in [0.2, 0.25) is 0 Å². The molecule has 0 unspecified atom stereocenters. The zero-order valence-electron chi connectivity index (χ0n) is 13.3. The molecule has 0 spiro atoms. The standard InChI is InChI=1S/C23H17As/c1-4-10-18(11-5-1)21-16-17-24-23(20-14-8-3-9-15-20)22(21)19-12-6-2-7-13-19/h1-17H. The first-order chi connectivity index (χ1) is 11.9. The molecule has 1 heterocycles. The topological polar surface area (TPSA) is 0 Å². The third kappa shape index (κ3) is 2.98. The van der Waals surface area contributed by atoms with E-state index in [0.717, 1.165) is 0 Å². The van der Waals surface area contributed by atoms with Gasteiger partial charge in [-0.25, -0.2) is 0 Å². The van der Waals surface area contributed by atoms with Crippen molar-refractivity contribution in [3.63, 3.8) is 0 Å². The Hall–Kier alpha value is -2.43. The molecule has 24 heavy (non-hydrogen) atoms. The van der Waals surface area contributed by atoms with Crippen molar-refractivity contribution in [2.24, 2.45) is 0 Å². The van der Waals surface area contributed by atoms with E-state index in [0.29, 0.717) is 0 Å². The molecule has 1 aliphatic heterocycles. The maximum atomic E-state index is 2.37. The van der Waals surface area contributed by atoms with Crippen molar-refractivity contribution in [2.75, 3.05) is 0 Å². The summed E-state index contributed by atoms with van der Waals surface area (Å²) in [5.41, 5.74) is 6.63. The Kier molecular flexibility index (Phi) is 4.40. The van der Waals surface area contributed by atoms with Crippen molar-refractivity contribution in [1.82, 2.24) is 0 Å². The summed E-state index contributed by atoms with van der Waals surface area (Å²) in [7, 11) is 0. The average molecular weight is 368 g/mol. The SMILES string of the molecule is C1=CC(c2ccccc2)=C(c2ccccc2)C(c2ccccc2)=[As]1. The Morgan fingerprint density at radius 3 is 1.58 bits per heavy atom. The third-order valence-electron chi connectivity index (χ3n) is 4.15. The molecule has 0 amide bonds. The van der Waals surface area contributed by atoms with Gasteiger partial charge in [-0.3, -0.25) is 0 Å². The van der Waals surface area contributed by atoms with E-state index in [4.69, 9.17) is 0 Å². The number of benzene rings is 3. The van der Waals surface area contributed by atoms with Crippen LogP contribution in [0.2, 0.25) is 0 Å². The summed E-state index contributed by atoms with van der Waals surface area (Å²) in [5.74, 6) is 0. The molecule has 114 valence electrons. The predicted octanol–water partition coefficient (Wildman–Crippen LogP) is 5.05. The molecule has 0 atom stereocenters. The molecule has 0 saturated carbocycles. The molecule has 0 bridgehead atoms. The minimum absolute atomic E-state index is 0.0257. The molecule has 0 radical (unpaired) electrons. The van der Waals surface area contributed by atoms with Crippen LogP contribution in [0, 0.1) is 0 Å². The summed E-state index contributed by atoms with van der Waals surface area (Å²) in [4.78, 5) is 2.37. The van der Waals surface area contributed by atoms with Crippen molar-refractivity contribution in [3.8, 4) is 0 Å². The van der Waals surface area contributed by atoms with Crippen LogP contribution < -0.4 is 0 Å². The zero-order chi connectivity index (χ0) is 16.2. The first-order valence-electron chi connectivity index (χ1n) is 8.09. The second-order valence-electron chi connectivity index (χ2n) is 5.68. The summed E-state index contributed by atoms with van der Waals surface area (Å²) >= 11 is 0.0257. The minimum atomic E-state index is 0.0257. The van der Waals surface area contributed by atoms with Gasteiger partial charge in [-0.2, -0.15) is 0 Å². The number of rotatable bonds is 3. The number of hydrogen-bond donors (Lipinski definition) is 0. The molecule has 3 aromatic rings. The van der Waals surface area contributed by atoms with Crippen molar-refractivity contribution in [1.29, 1.82) is 0 Å². The van der Waals surface area contributed by atoms with Crippen LogP contribution in [0.4, 0.5) is 0 Å². The molecule has 0 N–H and O–H groups in total. The van der Waals surface area contributed by atoms with Crippen molar-refractivity contribution in [3.05, 3.63) is 119 Å². The molecule has 0 nitrogen and oxygen atoms in total. The molecule has 3 aromatic carbocycles. The van der Waals surface area contributed by atoms with Crippen LogP contribution in [0.15, 0.2) is 102 Å². The first kappa shape index (κ1) is 15.1. The average Bonchev–Trinajstić information content (AvgIpc) is 2.69. The van der Waals surface area contributed by atoms with Gasteiger partial charge in [0.1, 0.15) is 0 Å². The van der Waals surface area contributed by atoms with Crippen LogP contribution in [0.1, 0.15) is 16.7 Å². The van der Waals surface area contributed by atoms with Gasteiger partial charge in [0.25, 0.3) is 0 Å². The molecule has 1 heteroatoms. The fraction of sp³-hybridized carbons (Fsp3) is 0. The van der Waals surface area contributed by atoms with Gasteiger partial charge in [0, 0.05) is 0 Å². The third-order valence-corrected chi connectivity index (χ3v) is 6.32. The summed E-state index contributed by atoms with van der Waals surface area (Å²) in [5, 5.41) is 0. The monoisotopic (exact) mass is 368 g/mol. The van der Waals surface area contributed by atoms with E-state index in [1.54, 1.807) is 0 Å². The molecule has 1 aliphatic rings. The van der Waals surface area contributed by atoms with Crippen molar-refractivity contribution >= 4 is 30.8 Å². The van der Waals surface area contributed by atoms with Gasteiger partial charge in [0.15, 0.2) is 0 Å². The second-order valence-corrected chi connectivity index (χ2v) is 7.79.